The van der Waals surface area contributed by atoms with E-state index in [0.29, 0.717) is 18.4 Å². The Labute approximate surface area is 289 Å². The average molecular weight is 672 g/mol. The van der Waals surface area contributed by atoms with Crippen LogP contribution in [-0.4, -0.2) is 63.2 Å². The van der Waals surface area contributed by atoms with Crippen molar-refractivity contribution in [3.63, 3.8) is 0 Å². The molecule has 1 fully saturated rings. The lowest BCUT2D eigenvalue weighted by Crippen LogP contribution is -2.59. The number of carbonyl (C=O) groups is 4. The number of hydrogen-bond acceptors (Lipinski definition) is 7. The van der Waals surface area contributed by atoms with E-state index in [1.165, 1.54) is 17.0 Å². The maximum atomic E-state index is 14.8. The molecule has 3 atom stereocenters. The molecule has 0 bridgehead atoms. The Morgan fingerprint density at radius 3 is 1.80 bits per heavy atom. The standard InChI is InChI=1S/C39H49N3O7/c1-38(2,3)48-36(46)32(24-27-17-11-8-12-18-27)40-34(44)33(28-19-13-22-30(43)25-28)42(29-20-14-21-29)35(45)31(23-26-15-9-7-10-16-26)41-37(47)49-39(4,5)6/h7-13,15-19,22,25,29,31-33,43H,14,20-21,23-24H2,1-6H3,(H,40,44)(H,41,47). The Morgan fingerprint density at radius 2 is 1.31 bits per heavy atom. The lowest BCUT2D eigenvalue weighted by molar-refractivity contribution is -0.159. The van der Waals surface area contributed by atoms with E-state index in [4.69, 9.17) is 9.47 Å². The van der Waals surface area contributed by atoms with E-state index in [9.17, 15) is 24.3 Å². The van der Waals surface area contributed by atoms with Crippen LogP contribution in [0.15, 0.2) is 84.9 Å². The van der Waals surface area contributed by atoms with Gasteiger partial charge in [0.15, 0.2) is 0 Å². The minimum absolute atomic E-state index is 0.0861. The Bertz CT molecular complexity index is 1580. The number of rotatable bonds is 12. The highest BCUT2D eigenvalue weighted by atomic mass is 16.6. The van der Waals surface area contributed by atoms with Gasteiger partial charge in [0.05, 0.1) is 0 Å². The number of phenolic OH excluding ortho intramolecular Hbond substituents is 1. The van der Waals surface area contributed by atoms with Crippen molar-refractivity contribution in [3.05, 3.63) is 102 Å². The van der Waals surface area contributed by atoms with Gasteiger partial charge in [-0.1, -0.05) is 72.8 Å². The van der Waals surface area contributed by atoms with Crippen molar-refractivity contribution in [2.24, 2.45) is 0 Å². The summed E-state index contributed by atoms with van der Waals surface area (Å²) >= 11 is 0. The molecule has 3 aromatic rings. The third kappa shape index (κ3) is 11.1. The Kier molecular flexibility index (Phi) is 12.1. The van der Waals surface area contributed by atoms with Crippen molar-refractivity contribution < 1.29 is 33.8 Å². The van der Waals surface area contributed by atoms with Crippen molar-refractivity contribution in [2.75, 3.05) is 0 Å². The molecule has 0 heterocycles. The first-order valence-corrected chi connectivity index (χ1v) is 16.8. The largest absolute Gasteiger partial charge is 0.508 e. The highest BCUT2D eigenvalue weighted by molar-refractivity contribution is 5.94. The minimum atomic E-state index is -1.25. The Balaban J connectivity index is 1.76. The first kappa shape index (κ1) is 37.0. The van der Waals surface area contributed by atoms with E-state index in [2.05, 4.69) is 10.6 Å². The molecule has 1 aliphatic carbocycles. The molecular weight excluding hydrogens is 622 g/mol. The Hall–Kier alpha value is -4.86. The minimum Gasteiger partial charge on any atom is -0.508 e. The fourth-order valence-corrected chi connectivity index (χ4v) is 5.66. The normalized spacial score (nSPS) is 15.1. The first-order valence-electron chi connectivity index (χ1n) is 16.8. The second-order valence-electron chi connectivity index (χ2n) is 14.5. The van der Waals surface area contributed by atoms with Crippen LogP contribution in [0.4, 0.5) is 4.79 Å². The van der Waals surface area contributed by atoms with Gasteiger partial charge in [-0.05, 0) is 89.6 Å². The van der Waals surface area contributed by atoms with E-state index < -0.39 is 53.2 Å². The second-order valence-corrected chi connectivity index (χ2v) is 14.5. The monoisotopic (exact) mass is 671 g/mol. The fourth-order valence-electron chi connectivity index (χ4n) is 5.66. The van der Waals surface area contributed by atoms with Gasteiger partial charge in [0.2, 0.25) is 11.8 Å². The van der Waals surface area contributed by atoms with Gasteiger partial charge >= 0.3 is 12.1 Å². The third-order valence-electron chi connectivity index (χ3n) is 8.00. The van der Waals surface area contributed by atoms with Gasteiger partial charge in [0, 0.05) is 18.9 Å². The lowest BCUT2D eigenvalue weighted by atomic mass is 9.87. The topological polar surface area (TPSA) is 134 Å². The number of carbonyl (C=O) groups excluding carboxylic acids is 4. The average Bonchev–Trinajstić information content (AvgIpc) is 2.98. The number of nitrogens with one attached hydrogen (secondary N) is 2. The molecule has 10 heteroatoms. The summed E-state index contributed by atoms with van der Waals surface area (Å²) < 4.78 is 11.3. The summed E-state index contributed by atoms with van der Waals surface area (Å²) in [6.45, 7) is 10.5. The number of ether oxygens (including phenoxy) is 2. The van der Waals surface area contributed by atoms with Crippen molar-refractivity contribution in [2.45, 2.75) is 109 Å². The molecule has 262 valence electrons. The number of benzene rings is 3. The number of nitrogens with zero attached hydrogens (tertiary/aromatic N) is 1. The van der Waals surface area contributed by atoms with E-state index >= 15 is 0 Å². The predicted molar refractivity (Wildman–Crippen MR) is 187 cm³/mol. The molecule has 3 N–H and O–H groups in total. The zero-order valence-electron chi connectivity index (χ0n) is 29.3. The summed E-state index contributed by atoms with van der Waals surface area (Å²) in [5.74, 6) is -1.81. The van der Waals surface area contributed by atoms with Crippen LogP contribution in [0.2, 0.25) is 0 Å². The molecule has 0 spiro atoms. The molecule has 0 aliphatic heterocycles. The molecule has 1 aliphatic rings. The van der Waals surface area contributed by atoms with Gasteiger partial charge in [0.1, 0.15) is 35.1 Å². The van der Waals surface area contributed by atoms with Crippen LogP contribution in [0.3, 0.4) is 0 Å². The van der Waals surface area contributed by atoms with Crippen molar-refractivity contribution in [1.29, 1.82) is 0 Å². The lowest BCUT2D eigenvalue weighted by Gasteiger charge is -2.44. The summed E-state index contributed by atoms with van der Waals surface area (Å²) in [6.07, 6.45) is 1.66. The number of aromatic hydroxyl groups is 1. The van der Waals surface area contributed by atoms with Crippen LogP contribution in [-0.2, 0) is 36.7 Å². The molecule has 3 unspecified atom stereocenters. The maximum Gasteiger partial charge on any atom is 0.408 e. The van der Waals surface area contributed by atoms with Crippen LogP contribution < -0.4 is 10.6 Å². The number of phenols is 1. The van der Waals surface area contributed by atoms with Crippen LogP contribution in [0.1, 0.15) is 83.5 Å². The summed E-state index contributed by atoms with van der Waals surface area (Å²) in [5.41, 5.74) is 0.349. The molecule has 0 saturated heterocycles. The Morgan fingerprint density at radius 1 is 0.755 bits per heavy atom. The number of hydrogen-bond donors (Lipinski definition) is 3. The predicted octanol–water partition coefficient (Wildman–Crippen LogP) is 6.02. The summed E-state index contributed by atoms with van der Waals surface area (Å²) in [7, 11) is 0. The molecular formula is C39H49N3O7. The van der Waals surface area contributed by atoms with Crippen molar-refractivity contribution in [3.8, 4) is 5.75 Å². The van der Waals surface area contributed by atoms with Crippen LogP contribution in [0, 0.1) is 0 Å². The van der Waals surface area contributed by atoms with Gasteiger partial charge in [-0.15, -0.1) is 0 Å². The number of alkyl carbamates (subject to hydrolysis) is 1. The highest BCUT2D eigenvalue weighted by Gasteiger charge is 2.43. The summed E-state index contributed by atoms with van der Waals surface area (Å²) in [5, 5.41) is 16.2. The van der Waals surface area contributed by atoms with Crippen molar-refractivity contribution >= 4 is 23.9 Å². The second kappa shape index (κ2) is 16.0. The molecule has 10 nitrogen and oxygen atoms in total. The van der Waals surface area contributed by atoms with Crippen LogP contribution in [0.25, 0.3) is 0 Å². The molecule has 3 amide bonds. The molecule has 1 saturated carbocycles. The molecule has 4 rings (SSSR count). The van der Waals surface area contributed by atoms with E-state index in [0.717, 1.165) is 17.5 Å². The summed E-state index contributed by atoms with van der Waals surface area (Å²) in [6, 6.07) is 21.0. The van der Waals surface area contributed by atoms with Gasteiger partial charge < -0.3 is 30.1 Å². The van der Waals surface area contributed by atoms with Gasteiger partial charge in [-0.2, -0.15) is 0 Å². The first-order chi connectivity index (χ1) is 23.1. The van der Waals surface area contributed by atoms with Gasteiger partial charge in [-0.3, -0.25) is 9.59 Å². The van der Waals surface area contributed by atoms with Gasteiger partial charge in [0.25, 0.3) is 0 Å². The SMILES string of the molecule is CC(C)(C)OC(=O)NC(Cc1ccccc1)C(=O)N(C1CCC1)C(C(=O)NC(Cc1ccccc1)C(=O)OC(C)(C)C)c1cccc(O)c1. The molecule has 49 heavy (non-hydrogen) atoms. The molecule has 3 aromatic carbocycles. The van der Waals surface area contributed by atoms with E-state index in [1.807, 2.05) is 60.7 Å². The smallest absolute Gasteiger partial charge is 0.408 e. The van der Waals surface area contributed by atoms with E-state index in [-0.39, 0.29) is 24.6 Å². The third-order valence-corrected chi connectivity index (χ3v) is 8.00. The quantitative estimate of drug-likeness (QED) is 0.201. The molecule has 0 aromatic heterocycles. The molecule has 0 radical (unpaired) electrons. The van der Waals surface area contributed by atoms with Gasteiger partial charge in [-0.25, -0.2) is 9.59 Å². The zero-order chi connectivity index (χ0) is 35.8. The fraction of sp³-hybridized carbons (Fsp3) is 0.436. The number of esters is 1. The zero-order valence-corrected chi connectivity index (χ0v) is 29.3. The maximum absolute atomic E-state index is 14.8. The van der Waals surface area contributed by atoms with Crippen molar-refractivity contribution in [1.82, 2.24) is 15.5 Å². The number of amides is 3. The van der Waals surface area contributed by atoms with Crippen LogP contribution in [0.5, 0.6) is 5.75 Å². The summed E-state index contributed by atoms with van der Waals surface area (Å²) in [4.78, 5) is 57.6. The van der Waals surface area contributed by atoms with Crippen LogP contribution >= 0.6 is 0 Å². The van der Waals surface area contributed by atoms with E-state index in [1.54, 1.807) is 53.7 Å². The highest BCUT2D eigenvalue weighted by Crippen LogP contribution is 2.35.